The number of benzene rings is 4. The second-order valence-electron chi connectivity index (χ2n) is 10.2. The van der Waals surface area contributed by atoms with Crippen molar-refractivity contribution in [2.75, 3.05) is 13.2 Å². The topological polar surface area (TPSA) is 92.2 Å². The summed E-state index contributed by atoms with van der Waals surface area (Å²) in [6, 6.07) is 24.8. The average molecular weight is 641 g/mol. The fourth-order valence-electron chi connectivity index (χ4n) is 4.86. The molecule has 11 heteroatoms. The summed E-state index contributed by atoms with van der Waals surface area (Å²) in [6.45, 7) is 0.410. The van der Waals surface area contributed by atoms with Crippen LogP contribution in [0.25, 0.3) is 0 Å². The molecule has 3 N–H and O–H groups in total. The van der Waals surface area contributed by atoms with Crippen LogP contribution in [0.15, 0.2) is 96.0 Å². The smallest absolute Gasteiger partial charge is 0.266 e. The molecule has 4 aromatic carbocycles. The fourth-order valence-corrected chi connectivity index (χ4v) is 5.37. The van der Waals surface area contributed by atoms with Crippen LogP contribution in [-0.4, -0.2) is 35.7 Å². The maximum absolute atomic E-state index is 14.2. The van der Waals surface area contributed by atoms with Crippen molar-refractivity contribution in [1.29, 1.82) is 0 Å². The van der Waals surface area contributed by atoms with Crippen LogP contribution in [0.3, 0.4) is 0 Å². The molecule has 7 nitrogen and oxygen atoms in total. The van der Waals surface area contributed by atoms with Crippen molar-refractivity contribution in [3.8, 4) is 5.75 Å². The van der Waals surface area contributed by atoms with Crippen LogP contribution in [0.2, 0.25) is 10.0 Å². The molecular formula is C33H29Cl2F2N3O4. The van der Waals surface area contributed by atoms with Crippen LogP contribution in [0.5, 0.6) is 5.75 Å². The van der Waals surface area contributed by atoms with E-state index in [0.717, 1.165) is 17.7 Å². The number of aliphatic imine (C=N–C) groups is 1. The number of carbonyl (C=O) groups is 1. The summed E-state index contributed by atoms with van der Waals surface area (Å²) in [6.07, 6.45) is -0.322. The lowest BCUT2D eigenvalue weighted by molar-refractivity contribution is -0.130. The van der Waals surface area contributed by atoms with Gasteiger partial charge in [-0.1, -0.05) is 65.7 Å². The van der Waals surface area contributed by atoms with Crippen LogP contribution < -0.4 is 15.6 Å². The predicted octanol–water partition coefficient (Wildman–Crippen LogP) is 6.35. The molecule has 0 saturated carbocycles. The van der Waals surface area contributed by atoms with Crippen molar-refractivity contribution in [2.45, 2.75) is 31.0 Å². The predicted molar refractivity (Wildman–Crippen MR) is 165 cm³/mol. The number of hydrogen-bond donors (Lipinski definition) is 3. The quantitative estimate of drug-likeness (QED) is 0.124. The molecule has 0 aliphatic carbocycles. The molecule has 1 heterocycles. The average Bonchev–Trinajstić information content (AvgIpc) is 3.40. The van der Waals surface area contributed by atoms with E-state index in [4.69, 9.17) is 42.8 Å². The van der Waals surface area contributed by atoms with Crippen LogP contribution in [0.4, 0.5) is 8.78 Å². The summed E-state index contributed by atoms with van der Waals surface area (Å²) in [5.74, 6) is -1.66. The van der Waals surface area contributed by atoms with Gasteiger partial charge in [0.2, 0.25) is 5.90 Å². The Morgan fingerprint density at radius 2 is 1.73 bits per heavy atom. The minimum Gasteiger partial charge on any atom is -0.494 e. The highest BCUT2D eigenvalue weighted by Crippen LogP contribution is 2.45. The van der Waals surface area contributed by atoms with Crippen LogP contribution >= 0.6 is 23.2 Å². The zero-order valence-electron chi connectivity index (χ0n) is 23.4. The number of carbonyl (C=O) groups excluding carboxylic acids is 1. The van der Waals surface area contributed by atoms with E-state index in [0.29, 0.717) is 45.5 Å². The Morgan fingerprint density at radius 1 is 0.955 bits per heavy atom. The van der Waals surface area contributed by atoms with Gasteiger partial charge in [-0.3, -0.25) is 10.2 Å². The number of rotatable bonds is 12. The number of nitrogens with zero attached hydrogens (tertiary/aromatic N) is 1. The molecule has 0 radical (unpaired) electrons. The molecule has 0 aromatic heterocycles. The largest absolute Gasteiger partial charge is 0.494 e. The van der Waals surface area contributed by atoms with Gasteiger partial charge < -0.3 is 14.6 Å². The Bertz CT molecular complexity index is 1640. The van der Waals surface area contributed by atoms with E-state index in [1.165, 1.54) is 6.07 Å². The molecule has 0 bridgehead atoms. The zero-order chi connectivity index (χ0) is 31.1. The standard InChI is InChI=1S/C33H29Cl2F2N3O4/c34-24-10-13-26(27(35)18-24)30-33(19-21-5-2-1-3-6-21,32(42)40-38-20-22-7-14-28(36)29(37)17-22)39-31(44-30)23-8-11-25(12-9-23)43-16-4-15-41/h1-3,5-14,17-18,30,38,41H,4,15-16,19-20H2,(H,40,42)/t30-,33-/m0/s1. The Kier molecular flexibility index (Phi) is 10.1. The molecule has 0 fully saturated rings. The number of nitrogens with one attached hydrogen (secondary N) is 2. The number of halogens is 4. The highest BCUT2D eigenvalue weighted by molar-refractivity contribution is 6.35. The lowest BCUT2D eigenvalue weighted by Gasteiger charge is -2.31. The van der Waals surface area contributed by atoms with Crippen molar-refractivity contribution in [3.05, 3.63) is 135 Å². The molecule has 228 valence electrons. The van der Waals surface area contributed by atoms with Crippen molar-refractivity contribution in [3.63, 3.8) is 0 Å². The first-order valence-electron chi connectivity index (χ1n) is 13.9. The van der Waals surface area contributed by atoms with Gasteiger partial charge in [0.15, 0.2) is 23.3 Å². The Morgan fingerprint density at radius 3 is 2.43 bits per heavy atom. The molecule has 0 spiro atoms. The first kappa shape index (κ1) is 31.4. The van der Waals surface area contributed by atoms with E-state index in [-0.39, 0.29) is 25.5 Å². The van der Waals surface area contributed by atoms with Gasteiger partial charge in [0.05, 0.1) is 6.61 Å². The minimum absolute atomic E-state index is 0.0197. The van der Waals surface area contributed by atoms with Gasteiger partial charge >= 0.3 is 0 Å². The summed E-state index contributed by atoms with van der Waals surface area (Å²) in [4.78, 5) is 19.1. The Hall–Kier alpha value is -4.02. The third-order valence-electron chi connectivity index (χ3n) is 7.07. The number of ether oxygens (including phenoxy) is 2. The summed E-state index contributed by atoms with van der Waals surface area (Å²) in [5.41, 5.74) is 6.32. The maximum Gasteiger partial charge on any atom is 0.266 e. The van der Waals surface area contributed by atoms with Crippen molar-refractivity contribution in [1.82, 2.24) is 10.9 Å². The monoisotopic (exact) mass is 639 g/mol. The SMILES string of the molecule is O=C(NNCc1ccc(F)c(F)c1)[C@@]1(Cc2ccccc2)N=C(c2ccc(OCCCO)cc2)O[C@H]1c1ccc(Cl)cc1Cl. The highest BCUT2D eigenvalue weighted by Gasteiger charge is 2.54. The first-order valence-corrected chi connectivity index (χ1v) is 14.6. The van der Waals surface area contributed by atoms with E-state index >= 15 is 0 Å². The normalized spacial score (nSPS) is 17.6. The number of amides is 1. The van der Waals surface area contributed by atoms with Crippen molar-refractivity contribution < 1.29 is 28.2 Å². The van der Waals surface area contributed by atoms with E-state index in [1.807, 2.05) is 30.3 Å². The molecule has 0 saturated heterocycles. The first-order chi connectivity index (χ1) is 21.3. The van der Waals surface area contributed by atoms with Gasteiger partial charge in [-0.2, -0.15) is 0 Å². The molecule has 2 atom stereocenters. The summed E-state index contributed by atoms with van der Waals surface area (Å²) in [5, 5.41) is 9.74. The lowest BCUT2D eigenvalue weighted by Crippen LogP contribution is -2.53. The number of aliphatic hydroxyl groups excluding tert-OH is 1. The van der Waals surface area contributed by atoms with E-state index in [9.17, 15) is 13.6 Å². The lowest BCUT2D eigenvalue weighted by atomic mass is 9.82. The Balaban J connectivity index is 1.52. The number of aliphatic hydroxyl groups is 1. The van der Waals surface area contributed by atoms with E-state index < -0.39 is 29.2 Å². The van der Waals surface area contributed by atoms with Gasteiger partial charge in [0, 0.05) is 47.2 Å². The molecule has 0 unspecified atom stereocenters. The second-order valence-corrected chi connectivity index (χ2v) is 11.0. The summed E-state index contributed by atoms with van der Waals surface area (Å²) in [7, 11) is 0. The molecule has 5 rings (SSSR count). The zero-order valence-corrected chi connectivity index (χ0v) is 24.9. The third kappa shape index (κ3) is 7.19. The van der Waals surface area contributed by atoms with Crippen LogP contribution in [0.1, 0.15) is 34.8 Å². The van der Waals surface area contributed by atoms with Gasteiger partial charge in [-0.25, -0.2) is 19.2 Å². The van der Waals surface area contributed by atoms with Gasteiger partial charge in [-0.05, 0) is 59.7 Å². The molecule has 1 aliphatic heterocycles. The van der Waals surface area contributed by atoms with E-state index in [1.54, 1.807) is 42.5 Å². The van der Waals surface area contributed by atoms with Crippen molar-refractivity contribution >= 4 is 35.0 Å². The van der Waals surface area contributed by atoms with Crippen LogP contribution in [-0.2, 0) is 22.5 Å². The van der Waals surface area contributed by atoms with Gasteiger partial charge in [0.25, 0.3) is 5.91 Å². The molecule has 1 amide bonds. The molecule has 1 aliphatic rings. The highest BCUT2D eigenvalue weighted by atomic mass is 35.5. The molecule has 4 aromatic rings. The maximum atomic E-state index is 14.2. The second kappa shape index (κ2) is 14.2. The van der Waals surface area contributed by atoms with Crippen LogP contribution in [0, 0.1) is 11.6 Å². The minimum atomic E-state index is -1.55. The van der Waals surface area contributed by atoms with Gasteiger partial charge in [0.1, 0.15) is 5.75 Å². The number of hydrogen-bond acceptors (Lipinski definition) is 6. The third-order valence-corrected chi connectivity index (χ3v) is 7.63. The summed E-state index contributed by atoms with van der Waals surface area (Å²) < 4.78 is 39.3. The number of hydrazine groups is 1. The Labute approximate surface area is 263 Å². The van der Waals surface area contributed by atoms with Crippen molar-refractivity contribution in [2.24, 2.45) is 4.99 Å². The van der Waals surface area contributed by atoms with Gasteiger partial charge in [-0.15, -0.1) is 0 Å². The molecular weight excluding hydrogens is 611 g/mol. The fraction of sp³-hybridized carbons (Fsp3) is 0.212. The van der Waals surface area contributed by atoms with E-state index in [2.05, 4.69) is 10.9 Å². The summed E-state index contributed by atoms with van der Waals surface area (Å²) >= 11 is 12.9. The molecule has 44 heavy (non-hydrogen) atoms.